The van der Waals surface area contributed by atoms with Crippen molar-refractivity contribution in [3.8, 4) is 0 Å². The molecule has 86 valence electrons. The Labute approximate surface area is 96.6 Å². The molecule has 0 heterocycles. The SMILES string of the molecule is COCCC(=O)C1(c2ccccc2)CCC1. The second-order valence-corrected chi connectivity index (χ2v) is 4.47. The average molecular weight is 218 g/mol. The maximum Gasteiger partial charge on any atom is 0.145 e. The fraction of sp³-hybridized carbons (Fsp3) is 0.500. The Balaban J connectivity index is 2.17. The monoisotopic (exact) mass is 218 g/mol. The quantitative estimate of drug-likeness (QED) is 0.759. The third-order valence-corrected chi connectivity index (χ3v) is 3.60. The molecule has 0 radical (unpaired) electrons. The molecule has 2 nitrogen and oxygen atoms in total. The van der Waals surface area contributed by atoms with Crippen LogP contribution in [0.4, 0.5) is 0 Å². The molecule has 0 amide bonds. The maximum absolute atomic E-state index is 12.2. The van der Waals surface area contributed by atoms with E-state index < -0.39 is 0 Å². The molecular formula is C14H18O2. The van der Waals surface area contributed by atoms with Gasteiger partial charge in [0.15, 0.2) is 0 Å². The van der Waals surface area contributed by atoms with E-state index in [0.717, 1.165) is 19.3 Å². The van der Waals surface area contributed by atoms with Crippen LogP contribution in [0.2, 0.25) is 0 Å². The first-order valence-corrected chi connectivity index (χ1v) is 5.87. The Morgan fingerprint density at radius 1 is 1.31 bits per heavy atom. The second-order valence-electron chi connectivity index (χ2n) is 4.47. The summed E-state index contributed by atoms with van der Waals surface area (Å²) < 4.78 is 4.99. The zero-order valence-corrected chi connectivity index (χ0v) is 9.74. The Bertz CT molecular complexity index is 352. The Kier molecular flexibility index (Phi) is 3.39. The number of ether oxygens (including phenoxy) is 1. The zero-order valence-electron chi connectivity index (χ0n) is 9.74. The molecule has 0 N–H and O–H groups in total. The number of Topliss-reactive ketones (excluding diaryl/α,β-unsaturated/α-hetero) is 1. The van der Waals surface area contributed by atoms with Gasteiger partial charge in [-0.2, -0.15) is 0 Å². The van der Waals surface area contributed by atoms with E-state index in [1.807, 2.05) is 18.2 Å². The molecular weight excluding hydrogens is 200 g/mol. The van der Waals surface area contributed by atoms with Gasteiger partial charge in [-0.1, -0.05) is 36.8 Å². The van der Waals surface area contributed by atoms with Crippen LogP contribution in [0, 0.1) is 0 Å². The summed E-state index contributed by atoms with van der Waals surface area (Å²) in [5.74, 6) is 0.340. The van der Waals surface area contributed by atoms with Crippen molar-refractivity contribution < 1.29 is 9.53 Å². The van der Waals surface area contributed by atoms with Crippen molar-refractivity contribution in [3.05, 3.63) is 35.9 Å². The highest BCUT2D eigenvalue weighted by molar-refractivity contribution is 5.91. The van der Waals surface area contributed by atoms with Crippen LogP contribution in [0.25, 0.3) is 0 Å². The number of rotatable bonds is 5. The van der Waals surface area contributed by atoms with E-state index in [-0.39, 0.29) is 5.41 Å². The minimum Gasteiger partial charge on any atom is -0.384 e. The summed E-state index contributed by atoms with van der Waals surface area (Å²) in [6, 6.07) is 10.2. The zero-order chi connectivity index (χ0) is 11.4. The number of carbonyl (C=O) groups is 1. The van der Waals surface area contributed by atoms with Crippen LogP contribution in [0.15, 0.2) is 30.3 Å². The highest BCUT2D eigenvalue weighted by atomic mass is 16.5. The average Bonchev–Trinajstić information content (AvgIpc) is 2.26. The summed E-state index contributed by atoms with van der Waals surface area (Å²) in [6.07, 6.45) is 3.69. The van der Waals surface area contributed by atoms with Crippen molar-refractivity contribution in [1.82, 2.24) is 0 Å². The lowest BCUT2D eigenvalue weighted by Crippen LogP contribution is -2.42. The van der Waals surface area contributed by atoms with Gasteiger partial charge in [0.1, 0.15) is 5.78 Å². The van der Waals surface area contributed by atoms with Crippen LogP contribution in [0.1, 0.15) is 31.2 Å². The molecule has 0 atom stereocenters. The molecule has 0 unspecified atom stereocenters. The molecule has 0 aliphatic heterocycles. The van der Waals surface area contributed by atoms with Gasteiger partial charge in [0.05, 0.1) is 12.0 Å². The van der Waals surface area contributed by atoms with Gasteiger partial charge < -0.3 is 4.74 Å². The summed E-state index contributed by atoms with van der Waals surface area (Å²) in [7, 11) is 1.64. The van der Waals surface area contributed by atoms with Crippen LogP contribution in [-0.4, -0.2) is 19.5 Å². The minimum atomic E-state index is -0.195. The van der Waals surface area contributed by atoms with Crippen LogP contribution in [0.3, 0.4) is 0 Å². The van der Waals surface area contributed by atoms with Gasteiger partial charge >= 0.3 is 0 Å². The maximum atomic E-state index is 12.2. The van der Waals surface area contributed by atoms with Crippen molar-refractivity contribution in [2.75, 3.05) is 13.7 Å². The second kappa shape index (κ2) is 4.79. The van der Waals surface area contributed by atoms with E-state index in [0.29, 0.717) is 18.8 Å². The molecule has 1 aromatic rings. The molecule has 1 aliphatic rings. The lowest BCUT2D eigenvalue weighted by molar-refractivity contribution is -0.128. The van der Waals surface area contributed by atoms with Gasteiger partial charge in [0.2, 0.25) is 0 Å². The van der Waals surface area contributed by atoms with Crippen LogP contribution in [0.5, 0.6) is 0 Å². The van der Waals surface area contributed by atoms with Crippen molar-refractivity contribution in [3.63, 3.8) is 0 Å². The van der Waals surface area contributed by atoms with Gasteiger partial charge in [-0.3, -0.25) is 4.79 Å². The van der Waals surface area contributed by atoms with Crippen molar-refractivity contribution >= 4 is 5.78 Å². The van der Waals surface area contributed by atoms with Gasteiger partial charge in [0.25, 0.3) is 0 Å². The third-order valence-electron chi connectivity index (χ3n) is 3.60. The number of ketones is 1. The summed E-state index contributed by atoms with van der Waals surface area (Å²) >= 11 is 0. The number of carbonyl (C=O) groups excluding carboxylic acids is 1. The molecule has 0 spiro atoms. The smallest absolute Gasteiger partial charge is 0.145 e. The first-order valence-electron chi connectivity index (χ1n) is 5.87. The standard InChI is InChI=1S/C14H18O2/c1-16-11-8-13(15)14(9-5-10-14)12-6-3-2-4-7-12/h2-4,6-7H,5,8-11H2,1H3. The molecule has 0 bridgehead atoms. The Morgan fingerprint density at radius 3 is 2.50 bits per heavy atom. The molecule has 0 aromatic heterocycles. The molecule has 1 aliphatic carbocycles. The first kappa shape index (κ1) is 11.3. The highest BCUT2D eigenvalue weighted by Gasteiger charge is 2.44. The van der Waals surface area contributed by atoms with Gasteiger partial charge in [-0.15, -0.1) is 0 Å². The van der Waals surface area contributed by atoms with Gasteiger partial charge in [-0.05, 0) is 18.4 Å². The van der Waals surface area contributed by atoms with Gasteiger partial charge in [0, 0.05) is 13.5 Å². The third kappa shape index (κ3) is 1.90. The van der Waals surface area contributed by atoms with Crippen molar-refractivity contribution in [2.24, 2.45) is 0 Å². The first-order chi connectivity index (χ1) is 7.79. The molecule has 2 heteroatoms. The van der Waals surface area contributed by atoms with Crippen LogP contribution >= 0.6 is 0 Å². The molecule has 1 fully saturated rings. The summed E-state index contributed by atoms with van der Waals surface area (Å²) in [5, 5.41) is 0. The normalized spacial score (nSPS) is 17.8. The van der Waals surface area contributed by atoms with E-state index in [1.54, 1.807) is 7.11 Å². The highest BCUT2D eigenvalue weighted by Crippen LogP contribution is 2.45. The van der Waals surface area contributed by atoms with E-state index >= 15 is 0 Å². The van der Waals surface area contributed by atoms with E-state index in [9.17, 15) is 4.79 Å². The molecule has 1 aromatic carbocycles. The van der Waals surface area contributed by atoms with Crippen molar-refractivity contribution in [2.45, 2.75) is 31.1 Å². The lowest BCUT2D eigenvalue weighted by Gasteiger charge is -2.41. The fourth-order valence-corrected chi connectivity index (χ4v) is 2.45. The number of benzene rings is 1. The summed E-state index contributed by atoms with van der Waals surface area (Å²) in [4.78, 5) is 12.2. The number of hydrogen-bond acceptors (Lipinski definition) is 2. The molecule has 16 heavy (non-hydrogen) atoms. The summed E-state index contributed by atoms with van der Waals surface area (Å²) in [5.41, 5.74) is 0.988. The number of hydrogen-bond donors (Lipinski definition) is 0. The van der Waals surface area contributed by atoms with Crippen LogP contribution in [-0.2, 0) is 14.9 Å². The van der Waals surface area contributed by atoms with E-state index in [4.69, 9.17) is 4.74 Å². The largest absolute Gasteiger partial charge is 0.384 e. The summed E-state index contributed by atoms with van der Waals surface area (Å²) in [6.45, 7) is 0.535. The molecule has 2 rings (SSSR count). The number of methoxy groups -OCH3 is 1. The van der Waals surface area contributed by atoms with E-state index in [1.165, 1.54) is 5.56 Å². The topological polar surface area (TPSA) is 26.3 Å². The van der Waals surface area contributed by atoms with E-state index in [2.05, 4.69) is 12.1 Å². The predicted octanol–water partition coefficient (Wildman–Crippen LogP) is 2.71. The predicted molar refractivity (Wildman–Crippen MR) is 63.5 cm³/mol. The van der Waals surface area contributed by atoms with Crippen LogP contribution < -0.4 is 0 Å². The minimum absolute atomic E-state index is 0.195. The fourth-order valence-electron chi connectivity index (χ4n) is 2.45. The Morgan fingerprint density at radius 2 is 2.00 bits per heavy atom. The Hall–Kier alpha value is -1.15. The molecule has 0 saturated heterocycles. The molecule has 1 saturated carbocycles. The van der Waals surface area contributed by atoms with Gasteiger partial charge in [-0.25, -0.2) is 0 Å². The lowest BCUT2D eigenvalue weighted by atomic mass is 9.61. The van der Waals surface area contributed by atoms with Crippen molar-refractivity contribution in [1.29, 1.82) is 0 Å².